The van der Waals surface area contributed by atoms with Crippen molar-refractivity contribution >= 4 is 17.8 Å². The second kappa shape index (κ2) is 6.00. The lowest BCUT2D eigenvalue weighted by Crippen LogP contribution is -2.24. The minimum atomic E-state index is -0.993. The van der Waals surface area contributed by atoms with E-state index >= 15 is 0 Å². The molecule has 1 heterocycles. The molecule has 1 aliphatic rings. The minimum absolute atomic E-state index is 0.189. The highest BCUT2D eigenvalue weighted by atomic mass is 19.2. The maximum absolute atomic E-state index is 13.3. The minimum Gasteiger partial charge on any atom is -0.497 e. The van der Waals surface area contributed by atoms with Crippen LogP contribution < -0.4 is 10.1 Å². The first-order valence-electron chi connectivity index (χ1n) is 6.78. The maximum Gasteiger partial charge on any atom is 0.275 e. The van der Waals surface area contributed by atoms with Crippen molar-refractivity contribution in [2.45, 2.75) is 0 Å². The van der Waals surface area contributed by atoms with Crippen molar-refractivity contribution in [3.05, 3.63) is 70.9 Å². The van der Waals surface area contributed by atoms with Gasteiger partial charge in [-0.3, -0.25) is 4.79 Å². The molecule has 2 aromatic rings. The van der Waals surface area contributed by atoms with Gasteiger partial charge in [-0.15, -0.1) is 0 Å². The Kier molecular flexibility index (Phi) is 3.89. The Morgan fingerprint density at radius 3 is 2.48 bits per heavy atom. The molecule has 0 saturated heterocycles. The van der Waals surface area contributed by atoms with Crippen LogP contribution in [-0.4, -0.2) is 18.9 Å². The molecule has 0 saturated carbocycles. The van der Waals surface area contributed by atoms with Gasteiger partial charge in [0.1, 0.15) is 17.3 Å². The predicted octanol–water partition coefficient (Wildman–Crippen LogP) is 2.89. The van der Waals surface area contributed by atoms with E-state index in [1.165, 1.54) is 6.07 Å². The largest absolute Gasteiger partial charge is 0.497 e. The second-order valence-corrected chi connectivity index (χ2v) is 4.85. The van der Waals surface area contributed by atoms with E-state index in [4.69, 9.17) is 4.74 Å². The number of halogens is 2. The molecule has 1 aliphatic heterocycles. The SMILES string of the molecule is COc1ccc(/C=C2/N=C(c3ccc(F)c(F)c3)NC2=O)cc1. The Hall–Kier alpha value is -3.02. The molecule has 1 N–H and O–H groups in total. The fourth-order valence-electron chi connectivity index (χ4n) is 2.11. The van der Waals surface area contributed by atoms with Gasteiger partial charge in [0.15, 0.2) is 11.6 Å². The Morgan fingerprint density at radius 1 is 1.09 bits per heavy atom. The average molecular weight is 314 g/mol. The monoisotopic (exact) mass is 314 g/mol. The van der Waals surface area contributed by atoms with Crippen molar-refractivity contribution in [3.63, 3.8) is 0 Å². The fourth-order valence-corrected chi connectivity index (χ4v) is 2.11. The number of ether oxygens (including phenoxy) is 1. The summed E-state index contributed by atoms with van der Waals surface area (Å²) in [5.41, 5.74) is 1.26. The first-order chi connectivity index (χ1) is 11.1. The quantitative estimate of drug-likeness (QED) is 0.886. The van der Waals surface area contributed by atoms with Gasteiger partial charge < -0.3 is 10.1 Å². The normalized spacial score (nSPS) is 15.5. The Balaban J connectivity index is 1.90. The van der Waals surface area contributed by atoms with Gasteiger partial charge >= 0.3 is 0 Å². The standard InChI is InChI=1S/C17H12F2N2O2/c1-23-12-5-2-10(3-6-12)8-15-17(22)21-16(20-15)11-4-7-13(18)14(19)9-11/h2-9H,1H3,(H,20,21,22)/b15-8+. The lowest BCUT2D eigenvalue weighted by Gasteiger charge is -2.00. The molecule has 23 heavy (non-hydrogen) atoms. The molecule has 2 aromatic carbocycles. The molecule has 6 heteroatoms. The number of nitrogens with zero attached hydrogens (tertiary/aromatic N) is 1. The van der Waals surface area contributed by atoms with Gasteiger partial charge in [-0.1, -0.05) is 12.1 Å². The van der Waals surface area contributed by atoms with E-state index in [2.05, 4.69) is 10.3 Å². The number of carbonyl (C=O) groups excluding carboxylic acids is 1. The second-order valence-electron chi connectivity index (χ2n) is 4.85. The molecular weight excluding hydrogens is 302 g/mol. The van der Waals surface area contributed by atoms with E-state index in [-0.39, 0.29) is 11.5 Å². The number of methoxy groups -OCH3 is 1. The summed E-state index contributed by atoms with van der Waals surface area (Å²) in [6, 6.07) is 10.4. The van der Waals surface area contributed by atoms with E-state index in [0.717, 1.165) is 17.7 Å². The Morgan fingerprint density at radius 2 is 1.83 bits per heavy atom. The molecule has 0 aromatic heterocycles. The summed E-state index contributed by atoms with van der Waals surface area (Å²) >= 11 is 0. The molecule has 0 atom stereocenters. The highest BCUT2D eigenvalue weighted by Gasteiger charge is 2.21. The molecule has 0 bridgehead atoms. The van der Waals surface area contributed by atoms with Crippen molar-refractivity contribution in [3.8, 4) is 5.75 Å². The first kappa shape index (κ1) is 14.9. The van der Waals surface area contributed by atoms with Crippen LogP contribution in [0.5, 0.6) is 5.75 Å². The number of hydrogen-bond donors (Lipinski definition) is 1. The zero-order valence-corrected chi connectivity index (χ0v) is 12.1. The van der Waals surface area contributed by atoms with Crippen LogP contribution in [0.3, 0.4) is 0 Å². The van der Waals surface area contributed by atoms with Crippen molar-refractivity contribution in [1.29, 1.82) is 0 Å². The summed E-state index contributed by atoms with van der Waals surface area (Å²) in [7, 11) is 1.57. The van der Waals surface area contributed by atoms with Crippen LogP contribution in [0, 0.1) is 11.6 Å². The zero-order valence-electron chi connectivity index (χ0n) is 12.1. The van der Waals surface area contributed by atoms with Crippen molar-refractivity contribution < 1.29 is 18.3 Å². The molecule has 0 aliphatic carbocycles. The van der Waals surface area contributed by atoms with Crippen LogP contribution >= 0.6 is 0 Å². The third-order valence-corrected chi connectivity index (χ3v) is 3.31. The molecule has 116 valence electrons. The number of carbonyl (C=O) groups is 1. The first-order valence-corrected chi connectivity index (χ1v) is 6.78. The lowest BCUT2D eigenvalue weighted by molar-refractivity contribution is -0.115. The summed E-state index contributed by atoms with van der Waals surface area (Å²) in [6.45, 7) is 0. The van der Waals surface area contributed by atoms with E-state index in [9.17, 15) is 13.6 Å². The summed E-state index contributed by atoms with van der Waals surface area (Å²) in [5, 5.41) is 2.54. The number of benzene rings is 2. The molecule has 0 radical (unpaired) electrons. The van der Waals surface area contributed by atoms with Crippen molar-refractivity contribution in [2.24, 2.45) is 4.99 Å². The van der Waals surface area contributed by atoms with Gasteiger partial charge in [-0.2, -0.15) is 0 Å². The zero-order chi connectivity index (χ0) is 16.4. The topological polar surface area (TPSA) is 50.7 Å². The van der Waals surface area contributed by atoms with Gasteiger partial charge in [0.2, 0.25) is 0 Å². The number of nitrogens with one attached hydrogen (secondary N) is 1. The maximum atomic E-state index is 13.3. The van der Waals surface area contributed by atoms with E-state index in [0.29, 0.717) is 11.3 Å². The molecular formula is C17H12F2N2O2. The van der Waals surface area contributed by atoms with E-state index in [1.54, 1.807) is 37.5 Å². The number of amidine groups is 1. The summed E-state index contributed by atoms with van der Waals surface area (Å²) in [4.78, 5) is 16.1. The van der Waals surface area contributed by atoms with Gasteiger partial charge in [-0.25, -0.2) is 13.8 Å². The van der Waals surface area contributed by atoms with Gasteiger partial charge in [-0.05, 0) is 42.0 Å². The van der Waals surface area contributed by atoms with Gasteiger partial charge in [0.25, 0.3) is 5.91 Å². The molecule has 0 unspecified atom stereocenters. The van der Waals surface area contributed by atoms with Crippen LogP contribution in [0.4, 0.5) is 8.78 Å². The average Bonchev–Trinajstić information content (AvgIpc) is 2.92. The lowest BCUT2D eigenvalue weighted by atomic mass is 10.2. The fraction of sp³-hybridized carbons (Fsp3) is 0.0588. The van der Waals surface area contributed by atoms with Crippen molar-refractivity contribution in [2.75, 3.05) is 7.11 Å². The molecule has 4 nitrogen and oxygen atoms in total. The van der Waals surface area contributed by atoms with Crippen LogP contribution in [0.1, 0.15) is 11.1 Å². The Labute approximate surface area is 131 Å². The van der Waals surface area contributed by atoms with E-state index in [1.807, 2.05) is 0 Å². The molecule has 0 fully saturated rings. The third-order valence-electron chi connectivity index (χ3n) is 3.31. The highest BCUT2D eigenvalue weighted by Crippen LogP contribution is 2.18. The molecule has 0 spiro atoms. The van der Waals surface area contributed by atoms with Crippen LogP contribution in [0.25, 0.3) is 6.08 Å². The Bertz CT molecular complexity index is 827. The summed E-state index contributed by atoms with van der Waals surface area (Å²) in [6.07, 6.45) is 1.60. The van der Waals surface area contributed by atoms with Crippen LogP contribution in [-0.2, 0) is 4.79 Å². The highest BCUT2D eigenvalue weighted by molar-refractivity contribution is 6.19. The van der Waals surface area contributed by atoms with Crippen LogP contribution in [0.2, 0.25) is 0 Å². The third kappa shape index (κ3) is 3.11. The summed E-state index contributed by atoms with van der Waals surface area (Å²) in [5.74, 6) is -1.46. The van der Waals surface area contributed by atoms with E-state index < -0.39 is 17.5 Å². The number of rotatable bonds is 3. The van der Waals surface area contributed by atoms with Gasteiger partial charge in [0.05, 0.1) is 7.11 Å². The van der Waals surface area contributed by atoms with Crippen LogP contribution in [0.15, 0.2) is 53.2 Å². The number of hydrogen-bond acceptors (Lipinski definition) is 3. The number of amides is 1. The van der Waals surface area contributed by atoms with Crippen molar-refractivity contribution in [1.82, 2.24) is 5.32 Å². The van der Waals surface area contributed by atoms with Gasteiger partial charge in [0, 0.05) is 5.56 Å². The smallest absolute Gasteiger partial charge is 0.275 e. The molecule has 3 rings (SSSR count). The molecule has 1 amide bonds. The predicted molar refractivity (Wildman–Crippen MR) is 82.0 cm³/mol. The number of aliphatic imine (C=N–C) groups is 1. The summed E-state index contributed by atoms with van der Waals surface area (Å²) < 4.78 is 31.3.